The molecule has 1 aromatic rings. The fraction of sp³-hybridized carbons (Fsp3) is 0.0833. The number of carboxylic acids is 1. The number of carboxylic acid groups (broad SMARTS) is 1. The number of carbonyl (C=O) groups excluding carboxylic acids is 2. The largest absolute Gasteiger partial charge is 0.548 e. The average molecular weight is 452 g/mol. The van der Waals surface area contributed by atoms with Gasteiger partial charge in [0.2, 0.25) is 0 Å². The fourth-order valence-electron chi connectivity index (χ4n) is 1.59. The highest BCUT2D eigenvalue weighted by molar-refractivity contribution is 9.11. The van der Waals surface area contributed by atoms with Gasteiger partial charge >= 0.3 is 0 Å². The van der Waals surface area contributed by atoms with Gasteiger partial charge in [-0.2, -0.15) is 0 Å². The maximum atomic E-state index is 12.1. The zero-order valence-corrected chi connectivity index (χ0v) is 14.9. The zero-order chi connectivity index (χ0) is 15.7. The van der Waals surface area contributed by atoms with E-state index in [4.69, 9.17) is 12.2 Å². The normalized spacial score (nSPS) is 16.9. The lowest BCUT2D eigenvalue weighted by atomic mass is 10.2. The molecule has 0 spiro atoms. The van der Waals surface area contributed by atoms with E-state index < -0.39 is 18.4 Å². The quantitative estimate of drug-likeness (QED) is 0.558. The Balaban J connectivity index is 2.33. The van der Waals surface area contributed by atoms with E-state index in [1.54, 1.807) is 18.2 Å². The first-order valence-electron chi connectivity index (χ1n) is 5.43. The molecule has 1 amide bonds. The van der Waals surface area contributed by atoms with Crippen molar-refractivity contribution in [3.8, 4) is 5.75 Å². The number of aromatic hydroxyl groups is 1. The van der Waals surface area contributed by atoms with Crippen LogP contribution >= 0.6 is 55.8 Å². The second-order valence-electron chi connectivity index (χ2n) is 3.97. The Kier molecular flexibility index (Phi) is 5.07. The van der Waals surface area contributed by atoms with Crippen LogP contribution < -0.4 is 5.11 Å². The molecule has 1 N–H and O–H groups in total. The molecule has 5 nitrogen and oxygen atoms in total. The summed E-state index contributed by atoms with van der Waals surface area (Å²) in [4.78, 5) is 24.0. The van der Waals surface area contributed by atoms with Crippen LogP contribution in [0.4, 0.5) is 0 Å². The third kappa shape index (κ3) is 3.65. The summed E-state index contributed by atoms with van der Waals surface area (Å²) in [7, 11) is 0. The van der Waals surface area contributed by atoms with Gasteiger partial charge in [0.15, 0.2) is 0 Å². The molecule has 1 saturated heterocycles. The first-order valence-corrected chi connectivity index (χ1v) is 8.24. The molecule has 1 fully saturated rings. The van der Waals surface area contributed by atoms with Crippen LogP contribution in [0.5, 0.6) is 5.75 Å². The molecule has 1 aromatic carbocycles. The lowest BCUT2D eigenvalue weighted by Gasteiger charge is -2.14. The van der Waals surface area contributed by atoms with Crippen molar-refractivity contribution >= 4 is 78.1 Å². The van der Waals surface area contributed by atoms with Crippen LogP contribution in [-0.2, 0) is 9.59 Å². The molecule has 21 heavy (non-hydrogen) atoms. The van der Waals surface area contributed by atoms with Crippen LogP contribution in [0.15, 0.2) is 26.0 Å². The van der Waals surface area contributed by atoms with Crippen molar-refractivity contribution in [2.24, 2.45) is 0 Å². The highest BCUT2D eigenvalue weighted by Crippen LogP contribution is 2.36. The Morgan fingerprint density at radius 3 is 2.52 bits per heavy atom. The fourth-order valence-corrected chi connectivity index (χ4v) is 4.06. The summed E-state index contributed by atoms with van der Waals surface area (Å²) in [6.45, 7) is -0.565. The number of rotatable bonds is 3. The number of hydrogen-bond donors (Lipinski definition) is 1. The summed E-state index contributed by atoms with van der Waals surface area (Å²) < 4.78 is 1.11. The molecule has 1 heterocycles. The van der Waals surface area contributed by atoms with Gasteiger partial charge in [-0.1, -0.05) is 24.0 Å². The number of carbonyl (C=O) groups is 2. The van der Waals surface area contributed by atoms with Gasteiger partial charge in [-0.05, 0) is 55.6 Å². The minimum atomic E-state index is -1.37. The molecule has 2 rings (SSSR count). The number of aliphatic carboxylic acids is 1. The van der Waals surface area contributed by atoms with E-state index in [1.807, 2.05) is 0 Å². The van der Waals surface area contributed by atoms with Gasteiger partial charge in [-0.3, -0.25) is 9.69 Å². The lowest BCUT2D eigenvalue weighted by Crippen LogP contribution is -2.40. The van der Waals surface area contributed by atoms with Crippen molar-refractivity contribution in [3.63, 3.8) is 0 Å². The summed E-state index contributed by atoms with van der Waals surface area (Å²) in [5.41, 5.74) is 0.653. The number of amides is 1. The SMILES string of the molecule is O=C([O-])CN1C(=O)/C(=C/c2cc(Br)c(O)c(Br)c2)SC1=S. The summed E-state index contributed by atoms with van der Waals surface area (Å²) >= 11 is 12.4. The summed E-state index contributed by atoms with van der Waals surface area (Å²) in [5, 5.41) is 20.2. The number of benzene rings is 1. The highest BCUT2D eigenvalue weighted by atomic mass is 79.9. The monoisotopic (exact) mass is 450 g/mol. The predicted molar refractivity (Wildman–Crippen MR) is 88.4 cm³/mol. The van der Waals surface area contributed by atoms with E-state index in [0.29, 0.717) is 19.4 Å². The number of phenolic OH excluding ortho intramolecular Hbond substituents is 1. The van der Waals surface area contributed by atoms with Crippen LogP contribution in [-0.4, -0.2) is 32.7 Å². The zero-order valence-electron chi connectivity index (χ0n) is 10.1. The van der Waals surface area contributed by atoms with Crippen molar-refractivity contribution in [2.45, 2.75) is 0 Å². The van der Waals surface area contributed by atoms with E-state index in [9.17, 15) is 19.8 Å². The number of hydrogen-bond acceptors (Lipinski definition) is 6. The number of phenols is 1. The minimum absolute atomic E-state index is 0.0525. The molecule has 9 heteroatoms. The Labute approximate surface area is 146 Å². The summed E-state index contributed by atoms with van der Waals surface area (Å²) in [6.07, 6.45) is 1.57. The average Bonchev–Trinajstić information content (AvgIpc) is 2.63. The third-order valence-electron chi connectivity index (χ3n) is 2.50. The molecule has 0 radical (unpaired) electrons. The van der Waals surface area contributed by atoms with Crippen LogP contribution in [0.25, 0.3) is 6.08 Å². The number of halogens is 2. The van der Waals surface area contributed by atoms with Crippen LogP contribution in [0.1, 0.15) is 5.56 Å². The molecule has 1 aliphatic heterocycles. The van der Waals surface area contributed by atoms with Crippen molar-refractivity contribution < 1.29 is 19.8 Å². The van der Waals surface area contributed by atoms with Crippen LogP contribution in [0.3, 0.4) is 0 Å². The van der Waals surface area contributed by atoms with Gasteiger partial charge in [0.1, 0.15) is 10.1 Å². The Morgan fingerprint density at radius 1 is 1.43 bits per heavy atom. The molecule has 1 aliphatic rings. The van der Waals surface area contributed by atoms with Crippen molar-refractivity contribution in [1.29, 1.82) is 0 Å². The molecular weight excluding hydrogens is 446 g/mol. The van der Waals surface area contributed by atoms with Gasteiger partial charge in [-0.15, -0.1) is 0 Å². The minimum Gasteiger partial charge on any atom is -0.548 e. The number of thiocarbonyl (C=S) groups is 1. The Bertz CT molecular complexity index is 667. The molecule has 0 bridgehead atoms. The second kappa shape index (κ2) is 6.47. The summed E-state index contributed by atoms with van der Waals surface area (Å²) in [6, 6.07) is 3.26. The molecule has 0 aromatic heterocycles. The Hall–Kier alpha value is -0.900. The van der Waals surface area contributed by atoms with E-state index >= 15 is 0 Å². The molecule has 0 unspecified atom stereocenters. The number of nitrogens with zero attached hydrogens (tertiary/aromatic N) is 1. The van der Waals surface area contributed by atoms with Gasteiger partial charge in [-0.25, -0.2) is 0 Å². The van der Waals surface area contributed by atoms with E-state index in [-0.39, 0.29) is 10.1 Å². The van der Waals surface area contributed by atoms with E-state index in [1.165, 1.54) is 0 Å². The molecule has 0 aliphatic carbocycles. The first kappa shape index (κ1) is 16.5. The third-order valence-corrected chi connectivity index (χ3v) is 5.08. The standard InChI is InChI=1S/C12H7Br2NO4S2/c13-6-1-5(2-7(14)10(6)18)3-8-11(19)15(4-9(16)17)12(20)21-8/h1-3,18H,4H2,(H,16,17)/p-1/b8-3-. The van der Waals surface area contributed by atoms with Crippen molar-refractivity contribution in [2.75, 3.05) is 6.54 Å². The molecule has 110 valence electrons. The lowest BCUT2D eigenvalue weighted by molar-refractivity contribution is -0.305. The maximum Gasteiger partial charge on any atom is 0.266 e. The molecule has 0 saturated carbocycles. The van der Waals surface area contributed by atoms with Crippen LogP contribution in [0, 0.1) is 0 Å². The van der Waals surface area contributed by atoms with Gasteiger partial charge in [0.05, 0.1) is 26.4 Å². The summed E-state index contributed by atoms with van der Waals surface area (Å²) in [5.74, 6) is -1.80. The predicted octanol–water partition coefficient (Wildman–Crippen LogP) is 1.87. The van der Waals surface area contributed by atoms with Crippen molar-refractivity contribution in [3.05, 3.63) is 31.5 Å². The maximum absolute atomic E-state index is 12.1. The Morgan fingerprint density at radius 2 is 2.00 bits per heavy atom. The number of thioether (sulfide) groups is 1. The molecule has 0 atom stereocenters. The van der Waals surface area contributed by atoms with Gasteiger partial charge in [0.25, 0.3) is 5.91 Å². The van der Waals surface area contributed by atoms with Crippen LogP contribution in [0.2, 0.25) is 0 Å². The van der Waals surface area contributed by atoms with Crippen molar-refractivity contribution in [1.82, 2.24) is 4.90 Å². The second-order valence-corrected chi connectivity index (χ2v) is 7.36. The van der Waals surface area contributed by atoms with Gasteiger partial charge < -0.3 is 15.0 Å². The first-order chi connectivity index (χ1) is 9.79. The highest BCUT2D eigenvalue weighted by Gasteiger charge is 2.31. The van der Waals surface area contributed by atoms with Gasteiger partial charge in [0, 0.05) is 0 Å². The topological polar surface area (TPSA) is 80.7 Å². The smallest absolute Gasteiger partial charge is 0.266 e. The van der Waals surface area contributed by atoms with E-state index in [2.05, 4.69) is 31.9 Å². The molecular formula is C12H6Br2NO4S2-. The van der Waals surface area contributed by atoms with E-state index in [0.717, 1.165) is 16.7 Å².